The molecule has 1 fully saturated rings. The first kappa shape index (κ1) is 31.6. The van der Waals surface area contributed by atoms with Gasteiger partial charge in [0.1, 0.15) is 35.9 Å². The summed E-state index contributed by atoms with van der Waals surface area (Å²) in [4.78, 5) is 6.94. The van der Waals surface area contributed by atoms with E-state index in [2.05, 4.69) is 0 Å². The van der Waals surface area contributed by atoms with Crippen LogP contribution >= 0.6 is 11.8 Å². The van der Waals surface area contributed by atoms with Crippen LogP contribution < -0.4 is 0 Å². The average Bonchev–Trinajstić information content (AvgIpc) is 3.44. The molecule has 1 saturated heterocycles. The Kier molecular flexibility index (Phi) is 10.9. The molecule has 9 nitrogen and oxygen atoms in total. The monoisotopic (exact) mass is 626 g/mol. The van der Waals surface area contributed by atoms with Crippen LogP contribution in [0.2, 0.25) is 0 Å². The van der Waals surface area contributed by atoms with E-state index in [1.54, 1.807) is 0 Å². The summed E-state index contributed by atoms with van der Waals surface area (Å²) in [5.41, 5.74) is 2.55. The molecule has 0 spiro atoms. The van der Waals surface area contributed by atoms with Gasteiger partial charge in [0, 0.05) is 14.1 Å². The van der Waals surface area contributed by atoms with Crippen molar-refractivity contribution in [2.75, 3.05) is 27.0 Å². The first-order valence-electron chi connectivity index (χ1n) is 14.1. The largest absolute Gasteiger partial charge is 0.368 e. The van der Waals surface area contributed by atoms with Gasteiger partial charge in [-0.2, -0.15) is 8.42 Å². The van der Waals surface area contributed by atoms with Gasteiger partial charge in [0.25, 0.3) is 10.1 Å². The van der Waals surface area contributed by atoms with E-state index < -0.39 is 34.5 Å². The molecule has 0 amide bonds. The maximum absolute atomic E-state index is 12.1. The third kappa shape index (κ3) is 8.89. The van der Waals surface area contributed by atoms with E-state index in [-0.39, 0.29) is 24.7 Å². The molecule has 0 unspecified atom stereocenters. The molecule has 5 rings (SSSR count). The van der Waals surface area contributed by atoms with Gasteiger partial charge in [-0.15, -0.1) is 0 Å². The van der Waals surface area contributed by atoms with Crippen molar-refractivity contribution < 1.29 is 31.5 Å². The van der Waals surface area contributed by atoms with Gasteiger partial charge in [-0.05, 0) is 16.7 Å². The third-order valence-electron chi connectivity index (χ3n) is 7.11. The van der Waals surface area contributed by atoms with Gasteiger partial charge in [-0.25, -0.2) is 0 Å². The first-order chi connectivity index (χ1) is 20.8. The predicted octanol–water partition coefficient (Wildman–Crippen LogP) is 4.48. The lowest BCUT2D eigenvalue weighted by Crippen LogP contribution is -2.61. The molecule has 3 aromatic carbocycles. The Morgan fingerprint density at radius 3 is 1.84 bits per heavy atom. The quantitative estimate of drug-likeness (QED) is 0.255. The number of aliphatic imine (C=N–C) groups is 1. The van der Waals surface area contributed by atoms with Crippen LogP contribution in [0.4, 0.5) is 0 Å². The number of hydrogen-bond donors (Lipinski definition) is 0. The molecule has 0 radical (unpaired) electrons. The molecule has 0 N–H and O–H groups in total. The van der Waals surface area contributed by atoms with Crippen LogP contribution in [0, 0.1) is 0 Å². The molecule has 230 valence electrons. The summed E-state index contributed by atoms with van der Waals surface area (Å²) in [5, 5.41) is 0.819. The lowest BCUT2D eigenvalue weighted by molar-refractivity contribution is -0.231. The Labute approximate surface area is 258 Å². The number of nitrogens with zero attached hydrogens (tertiary/aromatic N) is 2. The summed E-state index contributed by atoms with van der Waals surface area (Å²) in [7, 11) is 0.127. The number of thioether (sulfide) groups is 1. The van der Waals surface area contributed by atoms with Crippen LogP contribution in [0.1, 0.15) is 16.7 Å². The Bertz CT molecular complexity index is 1430. The number of rotatable bonds is 13. The standard InChI is InChI=1S/C32H38N2O7S2/c1-34(2)32-33-27-29(38-20-24-15-9-5-10-16-24)30(39-21-25-17-11-6-12-18-25)28(41-31(27)42-32)26(22-40-43(3,35)36)37-19-23-13-7-4-8-14-23/h4-18,26-31H,19-22H2,1-3H3/t26-,27+,28+,29+,30-,31+/m0/s1. The zero-order valence-corrected chi connectivity index (χ0v) is 26.2. The molecular formula is C32H38N2O7S2. The SMILES string of the molecule is CN(C)C1=N[C@@H]2[C@@H](OCc3ccccc3)[C@@H](OCc3ccccc3)[C@@H]([C@H](COS(C)(=O)=O)OCc3ccccc3)O[C@@H]2S1. The van der Waals surface area contributed by atoms with E-state index in [0.29, 0.717) is 13.2 Å². The van der Waals surface area contributed by atoms with Gasteiger partial charge in [0.2, 0.25) is 0 Å². The molecule has 0 saturated carbocycles. The highest BCUT2D eigenvalue weighted by Gasteiger charge is 2.53. The van der Waals surface area contributed by atoms with Crippen LogP contribution in [0.15, 0.2) is 96.0 Å². The highest BCUT2D eigenvalue weighted by atomic mass is 32.2. The normalized spacial score (nSPS) is 24.3. The summed E-state index contributed by atoms with van der Waals surface area (Å²) in [5.74, 6) is 0. The Balaban J connectivity index is 1.48. The minimum atomic E-state index is -3.75. The minimum absolute atomic E-state index is 0.236. The molecule has 0 aromatic heterocycles. The van der Waals surface area contributed by atoms with Crippen molar-refractivity contribution in [3.8, 4) is 0 Å². The lowest BCUT2D eigenvalue weighted by Gasteiger charge is -2.45. The van der Waals surface area contributed by atoms with E-state index in [9.17, 15) is 8.42 Å². The molecule has 2 aliphatic heterocycles. The maximum atomic E-state index is 12.1. The van der Waals surface area contributed by atoms with Crippen LogP contribution in [0.3, 0.4) is 0 Å². The van der Waals surface area contributed by atoms with Gasteiger partial charge in [-0.1, -0.05) is 103 Å². The molecule has 43 heavy (non-hydrogen) atoms. The van der Waals surface area contributed by atoms with E-state index in [1.165, 1.54) is 11.8 Å². The molecule has 6 atom stereocenters. The number of benzene rings is 3. The van der Waals surface area contributed by atoms with Gasteiger partial charge < -0.3 is 23.8 Å². The number of hydrogen-bond acceptors (Lipinski definition) is 10. The van der Waals surface area contributed by atoms with Gasteiger partial charge in [0.15, 0.2) is 5.17 Å². The fourth-order valence-corrected chi connectivity index (χ4v) is 6.51. The van der Waals surface area contributed by atoms with Gasteiger partial charge in [-0.3, -0.25) is 9.18 Å². The number of ether oxygens (including phenoxy) is 4. The summed E-state index contributed by atoms with van der Waals surface area (Å²) in [6, 6.07) is 29.1. The Morgan fingerprint density at radius 2 is 1.33 bits per heavy atom. The van der Waals surface area contributed by atoms with Crippen LogP contribution in [-0.4, -0.2) is 81.3 Å². The van der Waals surface area contributed by atoms with E-state index in [1.807, 2.05) is 110 Å². The number of amidine groups is 1. The van der Waals surface area contributed by atoms with E-state index >= 15 is 0 Å². The average molecular weight is 627 g/mol. The zero-order valence-electron chi connectivity index (χ0n) is 24.5. The molecule has 0 bridgehead atoms. The van der Waals surface area contributed by atoms with Crippen molar-refractivity contribution in [3.05, 3.63) is 108 Å². The summed E-state index contributed by atoms with van der Waals surface area (Å²) >= 11 is 1.51. The van der Waals surface area contributed by atoms with E-state index in [0.717, 1.165) is 28.1 Å². The van der Waals surface area contributed by atoms with Gasteiger partial charge >= 0.3 is 0 Å². The fraction of sp³-hybridized carbons (Fsp3) is 0.406. The van der Waals surface area contributed by atoms with Crippen LogP contribution in [0.25, 0.3) is 0 Å². The van der Waals surface area contributed by atoms with Crippen molar-refractivity contribution in [1.82, 2.24) is 4.90 Å². The second-order valence-corrected chi connectivity index (χ2v) is 13.4. The molecule has 3 aromatic rings. The molecule has 11 heteroatoms. The van der Waals surface area contributed by atoms with Crippen molar-refractivity contribution in [1.29, 1.82) is 0 Å². The van der Waals surface area contributed by atoms with Gasteiger partial charge in [0.05, 0.1) is 32.7 Å². The number of fused-ring (bicyclic) bond motifs is 1. The first-order valence-corrected chi connectivity index (χ1v) is 16.8. The molecule has 0 aliphatic carbocycles. The molecule has 2 heterocycles. The Hall–Kier alpha value is -2.77. The topological polar surface area (TPSA) is 95.9 Å². The van der Waals surface area contributed by atoms with Crippen LogP contribution in [-0.2, 0) is 53.1 Å². The Morgan fingerprint density at radius 1 is 0.814 bits per heavy atom. The van der Waals surface area contributed by atoms with Crippen molar-refractivity contribution in [2.24, 2.45) is 4.99 Å². The summed E-state index contributed by atoms with van der Waals surface area (Å²) in [6.45, 7) is 0.639. The lowest BCUT2D eigenvalue weighted by atomic mass is 9.94. The molecule has 2 aliphatic rings. The highest BCUT2D eigenvalue weighted by molar-refractivity contribution is 8.14. The maximum Gasteiger partial charge on any atom is 0.264 e. The summed E-state index contributed by atoms with van der Waals surface area (Å²) in [6.07, 6.45) is -1.65. The van der Waals surface area contributed by atoms with Crippen molar-refractivity contribution in [3.63, 3.8) is 0 Å². The summed E-state index contributed by atoms with van der Waals surface area (Å²) < 4.78 is 55.9. The molecular weight excluding hydrogens is 588 g/mol. The zero-order chi connectivity index (χ0) is 30.2. The second-order valence-electron chi connectivity index (χ2n) is 10.7. The highest BCUT2D eigenvalue weighted by Crippen LogP contribution is 2.41. The fourth-order valence-electron chi connectivity index (χ4n) is 4.99. The minimum Gasteiger partial charge on any atom is -0.368 e. The van der Waals surface area contributed by atoms with Crippen molar-refractivity contribution >= 4 is 27.0 Å². The predicted molar refractivity (Wildman–Crippen MR) is 167 cm³/mol. The third-order valence-corrected chi connectivity index (χ3v) is 8.98. The van der Waals surface area contributed by atoms with Crippen LogP contribution in [0.5, 0.6) is 0 Å². The smallest absolute Gasteiger partial charge is 0.264 e. The van der Waals surface area contributed by atoms with Crippen molar-refractivity contribution in [2.45, 2.75) is 55.7 Å². The second kappa shape index (κ2) is 14.8. The van der Waals surface area contributed by atoms with E-state index in [4.69, 9.17) is 28.1 Å².